The molecule has 35 heavy (non-hydrogen) atoms. The average molecular weight is 486 g/mol. The van der Waals surface area contributed by atoms with E-state index in [1.165, 1.54) is 15.9 Å². The number of hydrogen-bond donors (Lipinski definition) is 0. The number of rotatable bonds is 5. The molecule has 0 bridgehead atoms. The molecule has 0 aliphatic rings. The maximum atomic E-state index is 13.8. The topological polar surface area (TPSA) is 74.3 Å². The number of nitrogens with zero attached hydrogens (tertiary/aromatic N) is 7. The highest BCUT2D eigenvalue weighted by atomic mass is 32.1. The largest absolute Gasteiger partial charge is 0.298 e. The van der Waals surface area contributed by atoms with Gasteiger partial charge in [0.15, 0.2) is 11.5 Å². The zero-order valence-electron chi connectivity index (χ0n) is 18.4. The highest BCUT2D eigenvalue weighted by molar-refractivity contribution is 7.13. The summed E-state index contributed by atoms with van der Waals surface area (Å²) in [7, 11) is 0. The third kappa shape index (κ3) is 3.77. The molecule has 0 N–H and O–H groups in total. The Bertz CT molecular complexity index is 1620. The molecule has 10 heteroatoms. The molecule has 0 amide bonds. The Hall–Kier alpha value is -4.31. The first-order valence-corrected chi connectivity index (χ1v) is 11.6. The van der Waals surface area contributed by atoms with Crippen molar-refractivity contribution in [2.24, 2.45) is 0 Å². The fourth-order valence-corrected chi connectivity index (χ4v) is 4.51. The predicted molar refractivity (Wildman–Crippen MR) is 130 cm³/mol. The van der Waals surface area contributed by atoms with Gasteiger partial charge < -0.3 is 0 Å². The summed E-state index contributed by atoms with van der Waals surface area (Å²) in [5, 5.41) is 0. The van der Waals surface area contributed by atoms with Gasteiger partial charge in [0.2, 0.25) is 0 Å². The van der Waals surface area contributed by atoms with Crippen molar-refractivity contribution in [3.63, 3.8) is 0 Å². The second-order valence-corrected chi connectivity index (χ2v) is 8.73. The number of imidazole rings is 2. The monoisotopic (exact) mass is 485 g/mol. The number of hydrogen-bond acceptors (Lipinski definition) is 6. The average Bonchev–Trinajstić information content (AvgIpc) is 3.63. The molecule has 5 heterocycles. The highest BCUT2D eigenvalue weighted by Crippen LogP contribution is 2.31. The van der Waals surface area contributed by atoms with Crippen LogP contribution in [-0.2, 0) is 0 Å². The lowest BCUT2D eigenvalue weighted by atomic mass is 10.2. The summed E-state index contributed by atoms with van der Waals surface area (Å²) in [6.45, 7) is 1.93. The van der Waals surface area contributed by atoms with Crippen LogP contribution in [0.25, 0.3) is 44.5 Å². The second-order valence-electron chi connectivity index (χ2n) is 7.84. The van der Waals surface area contributed by atoms with E-state index in [0.29, 0.717) is 22.7 Å². The Morgan fingerprint density at radius 1 is 0.914 bits per heavy atom. The quantitative estimate of drug-likeness (QED) is 0.298. The van der Waals surface area contributed by atoms with Gasteiger partial charge in [-0.3, -0.25) is 19.1 Å². The summed E-state index contributed by atoms with van der Waals surface area (Å²) in [4.78, 5) is 22.7. The van der Waals surface area contributed by atoms with Gasteiger partial charge in [0, 0.05) is 35.5 Å². The van der Waals surface area contributed by atoms with E-state index in [-0.39, 0.29) is 5.82 Å². The molecule has 0 atom stereocenters. The molecule has 0 unspecified atom stereocenters. The van der Waals surface area contributed by atoms with Crippen LogP contribution in [0.5, 0.6) is 0 Å². The van der Waals surface area contributed by atoms with Crippen molar-refractivity contribution in [3.05, 3.63) is 90.3 Å². The van der Waals surface area contributed by atoms with Crippen molar-refractivity contribution in [1.29, 1.82) is 0 Å². The van der Waals surface area contributed by atoms with E-state index in [2.05, 4.69) is 19.9 Å². The van der Waals surface area contributed by atoms with Crippen molar-refractivity contribution < 1.29 is 8.78 Å². The number of thiazole rings is 1. The highest BCUT2D eigenvalue weighted by Gasteiger charge is 2.21. The molecule has 0 radical (unpaired) electrons. The van der Waals surface area contributed by atoms with Crippen LogP contribution in [0.15, 0.2) is 78.8 Å². The molecule has 172 valence electrons. The summed E-state index contributed by atoms with van der Waals surface area (Å²) < 4.78 is 30.9. The molecule has 0 aliphatic carbocycles. The Labute approximate surface area is 202 Å². The third-order valence-electron chi connectivity index (χ3n) is 5.59. The van der Waals surface area contributed by atoms with Crippen LogP contribution in [0, 0.1) is 6.92 Å². The minimum atomic E-state index is -2.74. The number of alkyl halides is 2. The summed E-state index contributed by atoms with van der Waals surface area (Å²) >= 11 is 1.51. The molecule has 6 aromatic rings. The standard InChI is InChI=1S/C25H17F2N7S/c1-15-4-7-18(11-30-15)33-13-20(21-12-28-14-35-21)32-23(33)16-5-8-17(9-6-16)34-24-19(3-2-10-29-24)31-25(34)22(26)27/h2-14,22H,1H3. The van der Waals surface area contributed by atoms with E-state index in [1.807, 2.05) is 42.0 Å². The van der Waals surface area contributed by atoms with Gasteiger partial charge in [0.05, 0.1) is 22.3 Å². The van der Waals surface area contributed by atoms with Crippen molar-refractivity contribution in [2.75, 3.05) is 0 Å². The molecule has 5 aromatic heterocycles. The predicted octanol–water partition coefficient (Wildman–Crippen LogP) is 6.04. The van der Waals surface area contributed by atoms with Crippen LogP contribution < -0.4 is 0 Å². The molecule has 7 nitrogen and oxygen atoms in total. The zero-order valence-corrected chi connectivity index (χ0v) is 19.2. The number of aromatic nitrogens is 7. The summed E-state index contributed by atoms with van der Waals surface area (Å²) in [5.41, 5.74) is 6.50. The molecular weight excluding hydrogens is 468 g/mol. The first-order valence-electron chi connectivity index (χ1n) is 10.7. The van der Waals surface area contributed by atoms with Gasteiger partial charge >= 0.3 is 0 Å². The molecule has 0 saturated carbocycles. The van der Waals surface area contributed by atoms with Crippen molar-refractivity contribution in [1.82, 2.24) is 34.1 Å². The van der Waals surface area contributed by atoms with Crippen LogP contribution >= 0.6 is 11.3 Å². The van der Waals surface area contributed by atoms with E-state index in [1.54, 1.807) is 48.4 Å². The fourth-order valence-electron chi connectivity index (χ4n) is 3.93. The molecule has 0 saturated heterocycles. The third-order valence-corrected chi connectivity index (χ3v) is 6.38. The van der Waals surface area contributed by atoms with E-state index in [0.717, 1.165) is 27.5 Å². The maximum absolute atomic E-state index is 13.8. The van der Waals surface area contributed by atoms with Crippen LogP contribution in [0.4, 0.5) is 8.78 Å². The van der Waals surface area contributed by atoms with Gasteiger partial charge in [-0.25, -0.2) is 23.7 Å². The Balaban J connectivity index is 1.47. The summed E-state index contributed by atoms with van der Waals surface area (Å²) in [6.07, 6.45) is 4.35. The smallest absolute Gasteiger partial charge is 0.296 e. The van der Waals surface area contributed by atoms with Gasteiger partial charge in [-0.05, 0) is 55.5 Å². The number of pyridine rings is 2. The van der Waals surface area contributed by atoms with Crippen LogP contribution in [0.1, 0.15) is 17.9 Å². The van der Waals surface area contributed by atoms with E-state index >= 15 is 0 Å². The second kappa shape index (κ2) is 8.48. The fraction of sp³-hybridized carbons (Fsp3) is 0.0800. The lowest BCUT2D eigenvalue weighted by Crippen LogP contribution is -2.03. The minimum absolute atomic E-state index is 0.342. The van der Waals surface area contributed by atoms with Crippen LogP contribution in [-0.4, -0.2) is 34.1 Å². The lowest BCUT2D eigenvalue weighted by Gasteiger charge is -2.11. The minimum Gasteiger partial charge on any atom is -0.298 e. The van der Waals surface area contributed by atoms with Gasteiger partial charge in [0.25, 0.3) is 6.43 Å². The van der Waals surface area contributed by atoms with Crippen molar-refractivity contribution in [3.8, 4) is 33.3 Å². The number of aryl methyl sites for hydroxylation is 1. The molecule has 6 rings (SSSR count). The normalized spacial score (nSPS) is 11.5. The summed E-state index contributed by atoms with van der Waals surface area (Å²) in [6, 6.07) is 14.5. The SMILES string of the molecule is Cc1ccc(-n2cc(-c3cncs3)nc2-c2ccc(-n3c(C(F)F)nc4cccnc43)cc2)cn1. The first-order chi connectivity index (χ1) is 17.1. The maximum Gasteiger partial charge on any atom is 0.296 e. The van der Waals surface area contributed by atoms with Gasteiger partial charge in [-0.15, -0.1) is 11.3 Å². The van der Waals surface area contributed by atoms with Gasteiger partial charge in [0.1, 0.15) is 17.0 Å². The number of halogens is 2. The van der Waals surface area contributed by atoms with E-state index in [9.17, 15) is 8.78 Å². The van der Waals surface area contributed by atoms with E-state index < -0.39 is 6.43 Å². The first kappa shape index (κ1) is 21.2. The Morgan fingerprint density at radius 3 is 2.46 bits per heavy atom. The number of benzene rings is 1. The zero-order chi connectivity index (χ0) is 23.9. The molecular formula is C25H17F2N7S. The lowest BCUT2D eigenvalue weighted by molar-refractivity contribution is 0.139. The van der Waals surface area contributed by atoms with Crippen molar-refractivity contribution >= 4 is 22.5 Å². The number of fused-ring (bicyclic) bond motifs is 1. The van der Waals surface area contributed by atoms with Crippen LogP contribution in [0.3, 0.4) is 0 Å². The van der Waals surface area contributed by atoms with Gasteiger partial charge in [-0.2, -0.15) is 0 Å². The molecule has 0 fully saturated rings. The summed E-state index contributed by atoms with van der Waals surface area (Å²) in [5.74, 6) is 0.361. The molecule has 0 spiro atoms. The molecule has 1 aromatic carbocycles. The van der Waals surface area contributed by atoms with Gasteiger partial charge in [-0.1, -0.05) is 0 Å². The Morgan fingerprint density at radius 2 is 1.74 bits per heavy atom. The van der Waals surface area contributed by atoms with Crippen LogP contribution in [0.2, 0.25) is 0 Å². The molecule has 0 aliphatic heterocycles. The van der Waals surface area contributed by atoms with Crippen molar-refractivity contribution in [2.45, 2.75) is 13.3 Å². The van der Waals surface area contributed by atoms with E-state index in [4.69, 9.17) is 4.98 Å². The Kier molecular flexibility index (Phi) is 5.14.